The van der Waals surface area contributed by atoms with E-state index in [9.17, 15) is 14.7 Å². The van der Waals surface area contributed by atoms with Gasteiger partial charge in [0.05, 0.1) is 5.41 Å². The van der Waals surface area contributed by atoms with E-state index < -0.39 is 11.4 Å². The first-order valence-electron chi connectivity index (χ1n) is 7.11. The lowest BCUT2D eigenvalue weighted by molar-refractivity contribution is -0.151. The second kappa shape index (κ2) is 6.02. The Morgan fingerprint density at radius 2 is 2.19 bits per heavy atom. The largest absolute Gasteiger partial charge is 0.481 e. The van der Waals surface area contributed by atoms with Gasteiger partial charge in [0.2, 0.25) is 5.91 Å². The zero-order valence-electron chi connectivity index (χ0n) is 12.6. The zero-order chi connectivity index (χ0) is 15.6. The Morgan fingerprint density at radius 3 is 2.67 bits per heavy atom. The summed E-state index contributed by atoms with van der Waals surface area (Å²) in [7, 11) is 0. The molecule has 1 fully saturated rings. The number of aryl methyl sites for hydroxylation is 1. The Kier molecular flexibility index (Phi) is 4.52. The number of thiophene rings is 1. The molecule has 0 aromatic carbocycles. The number of hydrogen-bond acceptors (Lipinski definition) is 3. The molecule has 2 rings (SSSR count). The van der Waals surface area contributed by atoms with Crippen LogP contribution < -0.4 is 0 Å². The average Bonchev–Trinajstić information content (AvgIpc) is 3.03. The lowest BCUT2D eigenvalue weighted by atomic mass is 9.76. The third kappa shape index (κ3) is 3.02. The highest BCUT2D eigenvalue weighted by molar-refractivity contribution is 7.11. The summed E-state index contributed by atoms with van der Waals surface area (Å²) in [6.07, 6.45) is 3.90. The monoisotopic (exact) mass is 307 g/mol. The van der Waals surface area contributed by atoms with Crippen molar-refractivity contribution in [1.29, 1.82) is 0 Å². The first kappa shape index (κ1) is 15.8. The smallest absolute Gasteiger partial charge is 0.311 e. The number of rotatable bonds is 4. The second-order valence-electron chi connectivity index (χ2n) is 5.93. The maximum absolute atomic E-state index is 12.2. The van der Waals surface area contributed by atoms with Crippen LogP contribution in [0.25, 0.3) is 6.08 Å². The van der Waals surface area contributed by atoms with Gasteiger partial charge < -0.3 is 10.0 Å². The van der Waals surface area contributed by atoms with Crippen molar-refractivity contribution in [2.24, 2.45) is 11.3 Å². The Balaban J connectivity index is 2.07. The molecule has 21 heavy (non-hydrogen) atoms. The number of hydrogen-bond donors (Lipinski definition) is 1. The lowest BCUT2D eigenvalue weighted by Gasteiger charge is -2.28. The molecule has 5 heteroatoms. The summed E-state index contributed by atoms with van der Waals surface area (Å²) < 4.78 is 0. The van der Waals surface area contributed by atoms with Crippen LogP contribution in [0.2, 0.25) is 0 Å². The summed E-state index contributed by atoms with van der Waals surface area (Å²) in [4.78, 5) is 26.5. The third-order valence-electron chi connectivity index (χ3n) is 4.42. The van der Waals surface area contributed by atoms with Gasteiger partial charge in [-0.3, -0.25) is 9.59 Å². The van der Waals surface area contributed by atoms with Crippen LogP contribution in [0.1, 0.15) is 30.7 Å². The van der Waals surface area contributed by atoms with E-state index in [1.54, 1.807) is 22.3 Å². The van der Waals surface area contributed by atoms with E-state index >= 15 is 0 Å². The number of carboxylic acid groups (broad SMARTS) is 1. The van der Waals surface area contributed by atoms with E-state index in [4.69, 9.17) is 0 Å². The molecule has 114 valence electrons. The van der Waals surface area contributed by atoms with Gasteiger partial charge in [-0.05, 0) is 42.3 Å². The van der Waals surface area contributed by atoms with Crippen molar-refractivity contribution in [2.45, 2.75) is 27.2 Å². The van der Waals surface area contributed by atoms with E-state index in [-0.39, 0.29) is 11.8 Å². The van der Waals surface area contributed by atoms with Crippen LogP contribution in [0, 0.1) is 18.3 Å². The molecule has 1 atom stereocenters. The van der Waals surface area contributed by atoms with Crippen LogP contribution in [-0.2, 0) is 9.59 Å². The average molecular weight is 307 g/mol. The lowest BCUT2D eigenvalue weighted by Crippen LogP contribution is -2.40. The summed E-state index contributed by atoms with van der Waals surface area (Å²) in [6, 6.07) is 2.01. The Bertz CT molecular complexity index is 576. The van der Waals surface area contributed by atoms with Crippen LogP contribution in [0.5, 0.6) is 0 Å². The van der Waals surface area contributed by atoms with Gasteiger partial charge in [0, 0.05) is 24.0 Å². The molecule has 1 aliphatic rings. The number of carboxylic acids is 1. The number of likely N-dealkylation sites (tertiary alicyclic amines) is 1. The van der Waals surface area contributed by atoms with Gasteiger partial charge in [0.15, 0.2) is 0 Å². The van der Waals surface area contributed by atoms with Crippen LogP contribution in [0.3, 0.4) is 0 Å². The molecule has 1 amide bonds. The summed E-state index contributed by atoms with van der Waals surface area (Å²) in [6.45, 7) is 6.63. The molecule has 1 aliphatic heterocycles. The molecule has 1 N–H and O–H groups in total. The van der Waals surface area contributed by atoms with E-state index in [0.29, 0.717) is 19.5 Å². The molecular formula is C16H21NO3S. The van der Waals surface area contributed by atoms with Gasteiger partial charge in [0.1, 0.15) is 0 Å². The molecule has 0 bridgehead atoms. The Hall–Kier alpha value is -1.62. The van der Waals surface area contributed by atoms with Crippen molar-refractivity contribution in [3.63, 3.8) is 0 Å². The van der Waals surface area contributed by atoms with Crippen molar-refractivity contribution in [1.82, 2.24) is 4.90 Å². The molecule has 2 heterocycles. The minimum atomic E-state index is -0.803. The van der Waals surface area contributed by atoms with Crippen LogP contribution in [0.4, 0.5) is 0 Å². The second-order valence-corrected chi connectivity index (χ2v) is 6.87. The van der Waals surface area contributed by atoms with Crippen LogP contribution >= 0.6 is 11.3 Å². The summed E-state index contributed by atoms with van der Waals surface area (Å²) >= 11 is 1.59. The van der Waals surface area contributed by atoms with Gasteiger partial charge in [0.25, 0.3) is 0 Å². The minimum Gasteiger partial charge on any atom is -0.481 e. The highest BCUT2D eigenvalue weighted by atomic mass is 32.1. The fourth-order valence-corrected chi connectivity index (χ4v) is 3.54. The predicted octanol–water partition coefficient (Wildman–Crippen LogP) is 3.03. The van der Waals surface area contributed by atoms with Crippen molar-refractivity contribution < 1.29 is 14.7 Å². The molecule has 0 radical (unpaired) electrons. The maximum atomic E-state index is 12.2. The fourth-order valence-electron chi connectivity index (χ4n) is 2.72. The predicted molar refractivity (Wildman–Crippen MR) is 84.2 cm³/mol. The van der Waals surface area contributed by atoms with E-state index in [1.165, 1.54) is 0 Å². The van der Waals surface area contributed by atoms with Crippen molar-refractivity contribution >= 4 is 29.3 Å². The number of aliphatic carboxylic acids is 1. The highest BCUT2D eigenvalue weighted by Crippen LogP contribution is 2.38. The Morgan fingerprint density at radius 1 is 1.48 bits per heavy atom. The number of carbonyl (C=O) groups excluding carboxylic acids is 1. The van der Waals surface area contributed by atoms with E-state index in [1.807, 2.05) is 38.3 Å². The van der Waals surface area contributed by atoms with E-state index in [0.717, 1.165) is 10.4 Å². The number of carbonyl (C=O) groups is 2. The van der Waals surface area contributed by atoms with Crippen molar-refractivity contribution in [2.75, 3.05) is 13.1 Å². The van der Waals surface area contributed by atoms with Gasteiger partial charge in [-0.1, -0.05) is 13.8 Å². The molecule has 1 aromatic heterocycles. The minimum absolute atomic E-state index is 0.0105. The summed E-state index contributed by atoms with van der Waals surface area (Å²) in [5.41, 5.74) is 0.343. The highest BCUT2D eigenvalue weighted by Gasteiger charge is 2.48. The standard InChI is InChI=1S/C16H21NO3S/c1-11(2)16(15(19)20)7-8-17(10-16)14(18)5-4-13-12(3)6-9-21-13/h4-6,9,11H,7-8,10H2,1-3H3,(H,19,20)/b5-4+. The first-order valence-corrected chi connectivity index (χ1v) is 7.99. The topological polar surface area (TPSA) is 57.6 Å². The number of nitrogens with zero attached hydrogens (tertiary/aromatic N) is 1. The Labute approximate surface area is 129 Å². The van der Waals surface area contributed by atoms with Gasteiger partial charge in [-0.15, -0.1) is 11.3 Å². The summed E-state index contributed by atoms with van der Waals surface area (Å²) in [5, 5.41) is 11.5. The zero-order valence-corrected chi connectivity index (χ0v) is 13.4. The molecule has 0 aliphatic carbocycles. The van der Waals surface area contributed by atoms with Gasteiger partial charge in [-0.2, -0.15) is 0 Å². The molecule has 1 aromatic rings. The molecule has 0 spiro atoms. The summed E-state index contributed by atoms with van der Waals surface area (Å²) in [5.74, 6) is -0.895. The molecule has 1 saturated heterocycles. The van der Waals surface area contributed by atoms with Crippen LogP contribution in [-0.4, -0.2) is 35.0 Å². The third-order valence-corrected chi connectivity index (χ3v) is 5.41. The quantitative estimate of drug-likeness (QED) is 0.870. The van der Waals surface area contributed by atoms with Crippen LogP contribution in [0.15, 0.2) is 17.5 Å². The molecule has 1 unspecified atom stereocenters. The maximum Gasteiger partial charge on any atom is 0.311 e. The van der Waals surface area contributed by atoms with Crippen molar-refractivity contribution in [3.05, 3.63) is 28.0 Å². The SMILES string of the molecule is Cc1ccsc1/C=C/C(=O)N1CCC(C(=O)O)(C(C)C)C1. The van der Waals surface area contributed by atoms with Gasteiger partial charge in [-0.25, -0.2) is 0 Å². The number of amides is 1. The van der Waals surface area contributed by atoms with Crippen molar-refractivity contribution in [3.8, 4) is 0 Å². The molecular weight excluding hydrogens is 286 g/mol. The van der Waals surface area contributed by atoms with E-state index in [2.05, 4.69) is 0 Å². The first-order chi connectivity index (χ1) is 9.86. The van der Waals surface area contributed by atoms with Gasteiger partial charge >= 0.3 is 5.97 Å². The normalized spacial score (nSPS) is 22.4. The molecule has 0 saturated carbocycles. The molecule has 4 nitrogen and oxygen atoms in total. The fraction of sp³-hybridized carbons (Fsp3) is 0.500.